The maximum atomic E-state index is 5.21. The van der Waals surface area contributed by atoms with Gasteiger partial charge >= 0.3 is 0 Å². The second kappa shape index (κ2) is 38.3. The highest BCUT2D eigenvalue weighted by molar-refractivity contribution is 5.94. The molecule has 0 saturated carbocycles. The van der Waals surface area contributed by atoms with Gasteiger partial charge in [0.25, 0.3) is 0 Å². The maximum Gasteiger partial charge on any atom is 0.164 e. The van der Waals surface area contributed by atoms with Gasteiger partial charge in [-0.3, -0.25) is 0 Å². The molecule has 662 valence electrons. The monoisotopic (exact) mass is 1800 g/mol. The standard InChI is InChI=1S/2C46H31N3.C40H27N3/c1-4-14-31(15-5-1)34-20-10-22-36(28-34)44-47-45(37-23-11-21-35(29-37)32-16-6-2-7-17-32)49-46(48-44)41-27-13-26-40-39-25-12-24-38(42(39)30-43(40)41)33-18-8-3-9-19-33;1-4-13-31(14-5-1)32-25-27-35(28-26-32)45-47-44(34-17-8-3-9-18-34)48-46(49-45)37-20-10-19-36(29-37)39-22-12-24-41-40-23-11-21-38(42(40)30-43(39)41)33-15-6-2-7-16-33;1-4-13-27(14-5-1)32-21-11-23-34-35-24-12-22-33(37(35)26-36(32)34)30-19-10-20-31(25-30)40-42-38(28-15-6-2-7-16-28)41-39(43-40)29-17-8-3-9-18-29/h2*1-29H,30H2;1-25H,26H2. The first-order chi connectivity index (χ1) is 69.9. The topological polar surface area (TPSA) is 116 Å². The Bertz CT molecular complexity index is 8410. The van der Waals surface area contributed by atoms with Crippen LogP contribution < -0.4 is 0 Å². The lowest BCUT2D eigenvalue weighted by Crippen LogP contribution is -2.02. The van der Waals surface area contributed by atoms with Crippen LogP contribution in [0.25, 0.3) is 225 Å². The summed E-state index contributed by atoms with van der Waals surface area (Å²) in [7, 11) is 0. The van der Waals surface area contributed by atoms with Crippen molar-refractivity contribution in [3.63, 3.8) is 0 Å². The smallest absolute Gasteiger partial charge is 0.164 e. The molecule has 20 aromatic carbocycles. The van der Waals surface area contributed by atoms with E-state index in [0.717, 1.165) is 108 Å². The highest BCUT2D eigenvalue weighted by Gasteiger charge is 2.30. The van der Waals surface area contributed by atoms with Crippen molar-refractivity contribution in [2.24, 2.45) is 0 Å². The second-order valence-corrected chi connectivity index (χ2v) is 35.6. The van der Waals surface area contributed by atoms with E-state index in [9.17, 15) is 0 Å². The van der Waals surface area contributed by atoms with Crippen molar-refractivity contribution in [3.05, 3.63) is 537 Å². The van der Waals surface area contributed by atoms with Gasteiger partial charge in [0.2, 0.25) is 0 Å². The summed E-state index contributed by atoms with van der Waals surface area (Å²) in [4.78, 5) is 45.4. The lowest BCUT2D eigenvalue weighted by atomic mass is 9.94. The Hall–Kier alpha value is -18.6. The number of benzene rings is 20. The molecule has 23 aromatic rings. The van der Waals surface area contributed by atoms with E-state index in [1.807, 2.05) is 109 Å². The van der Waals surface area contributed by atoms with Gasteiger partial charge in [-0.05, 0) is 193 Å². The molecule has 3 heterocycles. The van der Waals surface area contributed by atoms with E-state index in [1.165, 1.54) is 117 Å². The Morgan fingerprint density at radius 3 is 0.511 bits per heavy atom. The molecule has 0 spiro atoms. The first-order valence-corrected chi connectivity index (χ1v) is 47.9. The first kappa shape index (κ1) is 85.4. The summed E-state index contributed by atoms with van der Waals surface area (Å²) in [5.74, 6) is 5.94. The fourth-order valence-electron chi connectivity index (χ4n) is 20.2. The quantitative estimate of drug-likeness (QED) is 0.0879. The molecule has 0 amide bonds. The Kier molecular flexibility index (Phi) is 23.2. The van der Waals surface area contributed by atoms with Gasteiger partial charge in [-0.25, -0.2) is 44.9 Å². The van der Waals surface area contributed by atoms with E-state index in [2.05, 4.69) is 394 Å². The lowest BCUT2D eigenvalue weighted by Gasteiger charge is -2.12. The van der Waals surface area contributed by atoms with Crippen LogP contribution in [-0.2, 0) is 19.3 Å². The summed E-state index contributed by atoms with van der Waals surface area (Å²) in [6.07, 6.45) is 2.61. The van der Waals surface area contributed by atoms with Crippen LogP contribution >= 0.6 is 0 Å². The number of hydrogen-bond donors (Lipinski definition) is 0. The number of nitrogens with zero attached hydrogens (tertiary/aromatic N) is 9. The maximum absolute atomic E-state index is 5.21. The molecule has 3 aliphatic carbocycles. The van der Waals surface area contributed by atoms with E-state index in [4.69, 9.17) is 44.9 Å². The van der Waals surface area contributed by atoms with Crippen LogP contribution in [0.1, 0.15) is 33.4 Å². The van der Waals surface area contributed by atoms with Crippen molar-refractivity contribution in [3.8, 4) is 225 Å². The third-order valence-corrected chi connectivity index (χ3v) is 27.1. The van der Waals surface area contributed by atoms with Gasteiger partial charge in [0, 0.05) is 56.5 Å². The molecule has 26 rings (SSSR count). The minimum atomic E-state index is 0.651. The van der Waals surface area contributed by atoms with Crippen molar-refractivity contribution in [1.29, 1.82) is 0 Å². The van der Waals surface area contributed by atoms with Crippen LogP contribution in [0, 0.1) is 0 Å². The number of hydrogen-bond acceptors (Lipinski definition) is 9. The normalized spacial score (nSPS) is 11.6. The molecule has 0 bridgehead atoms. The Morgan fingerprint density at radius 1 is 0.0922 bits per heavy atom. The fraction of sp³-hybridized carbons (Fsp3) is 0.0227. The van der Waals surface area contributed by atoms with E-state index < -0.39 is 0 Å². The predicted octanol–water partition coefficient (Wildman–Crippen LogP) is 32.7. The van der Waals surface area contributed by atoms with Gasteiger partial charge in [-0.2, -0.15) is 0 Å². The third kappa shape index (κ3) is 17.4. The van der Waals surface area contributed by atoms with E-state index in [0.29, 0.717) is 52.4 Å². The van der Waals surface area contributed by atoms with Crippen molar-refractivity contribution in [2.75, 3.05) is 0 Å². The largest absolute Gasteiger partial charge is 0.208 e. The van der Waals surface area contributed by atoms with E-state index >= 15 is 0 Å². The Labute approximate surface area is 820 Å². The molecular formula is C132H89N9. The minimum absolute atomic E-state index is 0.651. The van der Waals surface area contributed by atoms with E-state index in [1.54, 1.807) is 0 Å². The van der Waals surface area contributed by atoms with Gasteiger partial charge in [0.1, 0.15) is 0 Å². The Morgan fingerprint density at radius 2 is 0.241 bits per heavy atom. The molecule has 0 fully saturated rings. The van der Waals surface area contributed by atoms with Crippen LogP contribution in [0.4, 0.5) is 0 Å². The molecule has 0 saturated heterocycles. The molecule has 0 atom stereocenters. The zero-order valence-corrected chi connectivity index (χ0v) is 77.1. The molecule has 9 heteroatoms. The van der Waals surface area contributed by atoms with Crippen LogP contribution in [0.3, 0.4) is 0 Å². The van der Waals surface area contributed by atoms with Crippen molar-refractivity contribution in [2.45, 2.75) is 19.3 Å². The van der Waals surface area contributed by atoms with E-state index in [-0.39, 0.29) is 0 Å². The molecule has 0 radical (unpaired) electrons. The number of fused-ring (bicyclic) bond motifs is 9. The van der Waals surface area contributed by atoms with Crippen LogP contribution in [0.15, 0.2) is 504 Å². The van der Waals surface area contributed by atoms with Gasteiger partial charge < -0.3 is 0 Å². The van der Waals surface area contributed by atoms with Crippen LogP contribution in [-0.4, -0.2) is 44.9 Å². The molecule has 0 unspecified atom stereocenters. The number of rotatable bonds is 17. The van der Waals surface area contributed by atoms with Crippen molar-refractivity contribution >= 4 is 0 Å². The van der Waals surface area contributed by atoms with Crippen molar-refractivity contribution in [1.82, 2.24) is 44.9 Å². The van der Waals surface area contributed by atoms with Crippen LogP contribution in [0.2, 0.25) is 0 Å². The average Bonchev–Trinajstić information content (AvgIpc) is 1.61. The molecular weight excluding hydrogens is 1710 g/mol. The zero-order valence-electron chi connectivity index (χ0n) is 77.1. The van der Waals surface area contributed by atoms with Crippen LogP contribution in [0.5, 0.6) is 0 Å². The summed E-state index contributed by atoms with van der Waals surface area (Å²) in [5.41, 5.74) is 43.9. The molecule has 3 aromatic heterocycles. The third-order valence-electron chi connectivity index (χ3n) is 27.1. The minimum Gasteiger partial charge on any atom is -0.208 e. The Balaban J connectivity index is 0.000000115. The number of aromatic nitrogens is 9. The molecule has 141 heavy (non-hydrogen) atoms. The second-order valence-electron chi connectivity index (χ2n) is 35.6. The molecule has 9 nitrogen and oxygen atoms in total. The molecule has 0 aliphatic heterocycles. The lowest BCUT2D eigenvalue weighted by molar-refractivity contribution is 1.07. The summed E-state index contributed by atoms with van der Waals surface area (Å²) in [6, 6.07) is 176. The highest BCUT2D eigenvalue weighted by Crippen LogP contribution is 2.50. The SMILES string of the molecule is c1ccc(-c2ccc(-c3nc(-c4ccccc4)nc(-c4cccc(-c5cccc6c5Cc5c(-c7ccccc7)cccc5-6)c4)n3)cc2)cc1.c1ccc(-c2cccc(-c3nc(-c4cccc(-c5ccccc5)c4)nc(-c4cccc5c4Cc4c(-c6ccccc6)cccc4-5)n3)c2)cc1.c1ccc(-c2nc(-c3ccccc3)nc(-c3cccc(-c4cccc5c4Cc4c(-c6ccccc6)cccc4-5)c3)n2)cc1. The fourth-order valence-corrected chi connectivity index (χ4v) is 20.2. The summed E-state index contributed by atoms with van der Waals surface area (Å²) < 4.78 is 0. The summed E-state index contributed by atoms with van der Waals surface area (Å²) in [5, 5.41) is 0. The average molecular weight is 1800 g/mol. The van der Waals surface area contributed by atoms with Gasteiger partial charge in [-0.15, -0.1) is 0 Å². The van der Waals surface area contributed by atoms with Gasteiger partial charge in [-0.1, -0.05) is 479 Å². The van der Waals surface area contributed by atoms with Gasteiger partial charge in [0.05, 0.1) is 0 Å². The summed E-state index contributed by atoms with van der Waals surface area (Å²) >= 11 is 0. The predicted molar refractivity (Wildman–Crippen MR) is 577 cm³/mol. The highest BCUT2D eigenvalue weighted by atomic mass is 15.1. The van der Waals surface area contributed by atoms with Crippen molar-refractivity contribution < 1.29 is 0 Å². The van der Waals surface area contributed by atoms with Gasteiger partial charge in [0.15, 0.2) is 52.4 Å². The zero-order chi connectivity index (χ0) is 93.7. The molecule has 3 aliphatic rings. The first-order valence-electron chi connectivity index (χ1n) is 47.9. The summed E-state index contributed by atoms with van der Waals surface area (Å²) in [6.45, 7) is 0. The molecule has 0 N–H and O–H groups in total.